The highest BCUT2D eigenvalue weighted by Gasteiger charge is 2.13. The molecule has 0 saturated carbocycles. The van der Waals surface area contributed by atoms with Crippen LogP contribution in [0.5, 0.6) is 0 Å². The van der Waals surface area contributed by atoms with Gasteiger partial charge < -0.3 is 10.6 Å². The zero-order valence-corrected chi connectivity index (χ0v) is 18.8. The number of hydrogen-bond donors (Lipinski definition) is 2. The van der Waals surface area contributed by atoms with Crippen molar-refractivity contribution in [3.63, 3.8) is 0 Å². The summed E-state index contributed by atoms with van der Waals surface area (Å²) >= 11 is 5.48. The molecule has 0 radical (unpaired) electrons. The zero-order valence-electron chi connectivity index (χ0n) is 18.0. The molecule has 0 amide bonds. The average molecular weight is 431 g/mol. The third-order valence-electron chi connectivity index (χ3n) is 5.34. The molecule has 0 aliphatic heterocycles. The predicted molar refractivity (Wildman–Crippen MR) is 129 cm³/mol. The summed E-state index contributed by atoms with van der Waals surface area (Å²) in [5.41, 5.74) is 6.78. The SMILES string of the molecule is Cc1ccccc1Cn1ccc(NC(=S)NCc2c(C)nn(-c3ccccc3)c2C)n1. The van der Waals surface area contributed by atoms with Crippen LogP contribution in [0, 0.1) is 20.8 Å². The molecule has 0 atom stereocenters. The average Bonchev–Trinajstić information content (AvgIpc) is 3.32. The van der Waals surface area contributed by atoms with Crippen LogP contribution in [-0.2, 0) is 13.1 Å². The van der Waals surface area contributed by atoms with Gasteiger partial charge in [-0.05, 0) is 56.2 Å². The van der Waals surface area contributed by atoms with Gasteiger partial charge in [-0.2, -0.15) is 10.2 Å². The number of nitrogens with one attached hydrogen (secondary N) is 2. The third kappa shape index (κ3) is 4.83. The van der Waals surface area contributed by atoms with Gasteiger partial charge in [0.15, 0.2) is 10.9 Å². The summed E-state index contributed by atoms with van der Waals surface area (Å²) in [6.45, 7) is 7.54. The van der Waals surface area contributed by atoms with E-state index in [2.05, 4.69) is 58.9 Å². The fraction of sp³-hybridized carbons (Fsp3) is 0.208. The van der Waals surface area contributed by atoms with E-state index in [1.807, 2.05) is 58.9 Å². The lowest BCUT2D eigenvalue weighted by Gasteiger charge is -2.10. The summed E-state index contributed by atoms with van der Waals surface area (Å²) in [5.74, 6) is 0.722. The lowest BCUT2D eigenvalue weighted by atomic mass is 10.1. The van der Waals surface area contributed by atoms with Crippen molar-refractivity contribution in [2.45, 2.75) is 33.9 Å². The first-order valence-corrected chi connectivity index (χ1v) is 10.7. The number of thiocarbonyl (C=S) groups is 1. The molecule has 2 aromatic carbocycles. The molecule has 0 aliphatic rings. The molecule has 0 bridgehead atoms. The molecule has 2 aromatic heterocycles. The van der Waals surface area contributed by atoms with E-state index in [0.29, 0.717) is 11.7 Å². The summed E-state index contributed by atoms with van der Waals surface area (Å²) in [5, 5.41) is 16.3. The number of aryl methyl sites for hydroxylation is 2. The topological polar surface area (TPSA) is 59.7 Å². The molecule has 0 spiro atoms. The Kier molecular flexibility index (Phi) is 6.13. The highest BCUT2D eigenvalue weighted by molar-refractivity contribution is 7.80. The second kappa shape index (κ2) is 9.14. The highest BCUT2D eigenvalue weighted by atomic mass is 32.1. The molecule has 4 rings (SSSR count). The second-order valence-electron chi connectivity index (χ2n) is 7.53. The van der Waals surface area contributed by atoms with E-state index < -0.39 is 0 Å². The van der Waals surface area contributed by atoms with Gasteiger partial charge in [-0.15, -0.1) is 0 Å². The van der Waals surface area contributed by atoms with Crippen LogP contribution in [0.15, 0.2) is 66.9 Å². The number of rotatable bonds is 6. The highest BCUT2D eigenvalue weighted by Crippen LogP contribution is 2.18. The summed E-state index contributed by atoms with van der Waals surface area (Å²) in [7, 11) is 0. The summed E-state index contributed by atoms with van der Waals surface area (Å²) in [4.78, 5) is 0. The smallest absolute Gasteiger partial charge is 0.172 e. The molecule has 2 N–H and O–H groups in total. The van der Waals surface area contributed by atoms with Gasteiger partial charge >= 0.3 is 0 Å². The van der Waals surface area contributed by atoms with Crippen molar-refractivity contribution >= 4 is 23.1 Å². The fourth-order valence-electron chi connectivity index (χ4n) is 3.56. The lowest BCUT2D eigenvalue weighted by molar-refractivity contribution is 0.687. The van der Waals surface area contributed by atoms with Gasteiger partial charge in [-0.1, -0.05) is 42.5 Å². The first-order valence-electron chi connectivity index (χ1n) is 10.2. The molecular weight excluding hydrogens is 404 g/mol. The molecular formula is C24H26N6S. The number of para-hydroxylation sites is 1. The van der Waals surface area contributed by atoms with Crippen molar-refractivity contribution in [2.24, 2.45) is 0 Å². The maximum Gasteiger partial charge on any atom is 0.172 e. The number of benzene rings is 2. The molecule has 0 aliphatic carbocycles. The maximum atomic E-state index is 5.48. The first kappa shape index (κ1) is 20.8. The Hall–Kier alpha value is -3.45. The van der Waals surface area contributed by atoms with Crippen LogP contribution in [-0.4, -0.2) is 24.7 Å². The van der Waals surface area contributed by atoms with Crippen molar-refractivity contribution in [1.82, 2.24) is 24.9 Å². The second-order valence-corrected chi connectivity index (χ2v) is 7.94. The van der Waals surface area contributed by atoms with Crippen molar-refractivity contribution in [2.75, 3.05) is 5.32 Å². The molecule has 158 valence electrons. The minimum atomic E-state index is 0.535. The molecule has 6 nitrogen and oxygen atoms in total. The van der Waals surface area contributed by atoms with E-state index in [-0.39, 0.29) is 0 Å². The Morgan fingerprint density at radius 1 is 0.935 bits per heavy atom. The van der Waals surface area contributed by atoms with Gasteiger partial charge in [-0.25, -0.2) is 4.68 Å². The van der Waals surface area contributed by atoms with E-state index in [4.69, 9.17) is 12.2 Å². The number of hydrogen-bond acceptors (Lipinski definition) is 3. The maximum absolute atomic E-state index is 5.48. The van der Waals surface area contributed by atoms with Gasteiger partial charge in [0.25, 0.3) is 0 Å². The quantitative estimate of drug-likeness (QED) is 0.440. The monoisotopic (exact) mass is 430 g/mol. The summed E-state index contributed by atoms with van der Waals surface area (Å²) < 4.78 is 3.88. The Balaban J connectivity index is 1.37. The molecule has 7 heteroatoms. The van der Waals surface area contributed by atoms with E-state index in [1.165, 1.54) is 11.1 Å². The fourth-order valence-corrected chi connectivity index (χ4v) is 3.74. The molecule has 0 unspecified atom stereocenters. The number of anilines is 1. The largest absolute Gasteiger partial charge is 0.358 e. The molecule has 2 heterocycles. The van der Waals surface area contributed by atoms with Crippen molar-refractivity contribution in [1.29, 1.82) is 0 Å². The molecule has 0 fully saturated rings. The minimum Gasteiger partial charge on any atom is -0.358 e. The Morgan fingerprint density at radius 3 is 2.45 bits per heavy atom. The Morgan fingerprint density at radius 2 is 1.68 bits per heavy atom. The zero-order chi connectivity index (χ0) is 21.8. The third-order valence-corrected chi connectivity index (χ3v) is 5.59. The van der Waals surface area contributed by atoms with E-state index in [1.54, 1.807) is 0 Å². The van der Waals surface area contributed by atoms with Crippen molar-refractivity contribution in [3.8, 4) is 5.69 Å². The van der Waals surface area contributed by atoms with Crippen LogP contribution in [0.1, 0.15) is 28.1 Å². The van der Waals surface area contributed by atoms with Gasteiger partial charge in [0.05, 0.1) is 17.9 Å². The van der Waals surface area contributed by atoms with Crippen LogP contribution >= 0.6 is 12.2 Å². The van der Waals surface area contributed by atoms with E-state index >= 15 is 0 Å². The summed E-state index contributed by atoms with van der Waals surface area (Å²) in [6, 6.07) is 20.4. The number of aromatic nitrogens is 4. The Labute approximate surface area is 187 Å². The molecule has 4 aromatic rings. The van der Waals surface area contributed by atoms with Crippen LogP contribution in [0.4, 0.5) is 5.82 Å². The summed E-state index contributed by atoms with van der Waals surface area (Å²) in [6.07, 6.45) is 1.95. The first-order chi connectivity index (χ1) is 15.0. The molecule has 0 saturated heterocycles. The van der Waals surface area contributed by atoms with Crippen LogP contribution in [0.2, 0.25) is 0 Å². The van der Waals surface area contributed by atoms with Gasteiger partial charge in [0, 0.05) is 30.1 Å². The van der Waals surface area contributed by atoms with Crippen molar-refractivity contribution in [3.05, 3.63) is 94.9 Å². The Bertz CT molecular complexity index is 1190. The standard InChI is InChI=1S/C24H26N6S/c1-17-9-7-8-10-20(17)16-29-14-13-23(28-29)26-24(31)25-15-22-18(2)27-30(19(22)3)21-11-5-4-6-12-21/h4-14H,15-16H2,1-3H3,(H2,25,26,28,31). The van der Waals surface area contributed by atoms with E-state index in [9.17, 15) is 0 Å². The predicted octanol–water partition coefficient (Wildman–Crippen LogP) is 4.53. The van der Waals surface area contributed by atoms with Crippen LogP contribution in [0.25, 0.3) is 5.69 Å². The van der Waals surface area contributed by atoms with Gasteiger partial charge in [0.2, 0.25) is 0 Å². The van der Waals surface area contributed by atoms with Gasteiger partial charge in [-0.3, -0.25) is 4.68 Å². The minimum absolute atomic E-state index is 0.535. The lowest BCUT2D eigenvalue weighted by Crippen LogP contribution is -2.28. The van der Waals surface area contributed by atoms with E-state index in [0.717, 1.165) is 35.0 Å². The van der Waals surface area contributed by atoms with Gasteiger partial charge in [0.1, 0.15) is 0 Å². The van der Waals surface area contributed by atoms with Crippen LogP contribution < -0.4 is 10.6 Å². The van der Waals surface area contributed by atoms with Crippen LogP contribution in [0.3, 0.4) is 0 Å². The van der Waals surface area contributed by atoms with Crippen molar-refractivity contribution < 1.29 is 0 Å². The normalized spacial score (nSPS) is 10.8. The molecule has 31 heavy (non-hydrogen) atoms. The number of nitrogens with zero attached hydrogens (tertiary/aromatic N) is 4.